The smallest absolute Gasteiger partial charge is 0.407 e. The van der Waals surface area contributed by atoms with Crippen molar-refractivity contribution in [2.24, 2.45) is 0 Å². The van der Waals surface area contributed by atoms with Crippen LogP contribution in [0, 0.1) is 0 Å². The van der Waals surface area contributed by atoms with Crippen molar-refractivity contribution in [1.29, 1.82) is 0 Å². The number of hydrogen-bond donors (Lipinski definition) is 1. The zero-order chi connectivity index (χ0) is 16.3. The second-order valence-corrected chi connectivity index (χ2v) is 7.43. The molecule has 1 aliphatic heterocycles. The molecule has 1 aliphatic carbocycles. The molecule has 0 aromatic heterocycles. The average molecular weight is 311 g/mol. The lowest BCUT2D eigenvalue weighted by Gasteiger charge is -2.43. The fourth-order valence-electron chi connectivity index (χ4n) is 3.27. The van der Waals surface area contributed by atoms with Gasteiger partial charge in [0.05, 0.1) is 18.6 Å². The van der Waals surface area contributed by atoms with E-state index in [-0.39, 0.29) is 24.1 Å². The van der Waals surface area contributed by atoms with Gasteiger partial charge in [0, 0.05) is 13.1 Å². The molecule has 126 valence electrons. The molecule has 0 aromatic rings. The molecule has 2 aliphatic rings. The van der Waals surface area contributed by atoms with E-state index in [1.807, 2.05) is 37.6 Å². The molecular weight excluding hydrogens is 282 g/mol. The second kappa shape index (κ2) is 6.86. The molecule has 0 aromatic carbocycles. The van der Waals surface area contributed by atoms with Crippen molar-refractivity contribution in [3.8, 4) is 0 Å². The zero-order valence-electron chi connectivity index (χ0n) is 14.2. The van der Waals surface area contributed by atoms with Crippen LogP contribution >= 0.6 is 0 Å². The number of amides is 2. The quantitative estimate of drug-likeness (QED) is 0.841. The van der Waals surface area contributed by atoms with Crippen LogP contribution in [-0.4, -0.2) is 66.2 Å². The summed E-state index contributed by atoms with van der Waals surface area (Å²) in [6, 6.07) is 0.0958. The van der Waals surface area contributed by atoms with Crippen LogP contribution in [0.5, 0.6) is 0 Å². The first-order chi connectivity index (χ1) is 10.3. The Bertz CT molecular complexity index is 419. The molecule has 1 N–H and O–H groups in total. The van der Waals surface area contributed by atoms with E-state index in [2.05, 4.69) is 5.32 Å². The summed E-state index contributed by atoms with van der Waals surface area (Å²) in [6.45, 7) is 7.67. The number of carbonyl (C=O) groups excluding carboxylic acids is 2. The predicted molar refractivity (Wildman–Crippen MR) is 84.6 cm³/mol. The van der Waals surface area contributed by atoms with E-state index >= 15 is 0 Å². The summed E-state index contributed by atoms with van der Waals surface area (Å²) in [5.74, 6) is 0.164. The second-order valence-electron chi connectivity index (χ2n) is 7.43. The van der Waals surface area contributed by atoms with Gasteiger partial charge in [-0.1, -0.05) is 12.8 Å². The van der Waals surface area contributed by atoms with Gasteiger partial charge in [-0.25, -0.2) is 4.79 Å². The highest BCUT2D eigenvalue weighted by atomic mass is 16.6. The number of rotatable bonds is 2. The third kappa shape index (κ3) is 4.60. The Hall–Kier alpha value is -1.30. The Balaban J connectivity index is 1.99. The van der Waals surface area contributed by atoms with Crippen LogP contribution < -0.4 is 5.32 Å². The van der Waals surface area contributed by atoms with Gasteiger partial charge in [0.25, 0.3) is 0 Å². The maximum atomic E-state index is 12.3. The molecule has 0 bridgehead atoms. The van der Waals surface area contributed by atoms with Crippen molar-refractivity contribution in [1.82, 2.24) is 15.1 Å². The number of alkyl carbamates (subject to hydrolysis) is 1. The summed E-state index contributed by atoms with van der Waals surface area (Å²) in [6.07, 6.45) is 3.67. The zero-order valence-corrected chi connectivity index (χ0v) is 14.2. The standard InChI is InChI=1S/C16H29N3O3/c1-16(2,3)22-15(21)17-12-7-5-6-8-13(12)19-10-9-18(4)11-14(19)20/h12-13H,5-11H2,1-4H3,(H,17,21)/t12-,13-/m1/s1. The van der Waals surface area contributed by atoms with Gasteiger partial charge in [-0.15, -0.1) is 0 Å². The van der Waals surface area contributed by atoms with Crippen molar-refractivity contribution < 1.29 is 14.3 Å². The Labute approximate surface area is 133 Å². The Morgan fingerprint density at radius 3 is 2.55 bits per heavy atom. The summed E-state index contributed by atoms with van der Waals surface area (Å²) < 4.78 is 5.36. The number of hydrogen-bond acceptors (Lipinski definition) is 4. The van der Waals surface area contributed by atoms with Crippen LogP contribution in [0.25, 0.3) is 0 Å². The maximum Gasteiger partial charge on any atom is 0.407 e. The molecule has 0 radical (unpaired) electrons. The number of likely N-dealkylation sites (N-methyl/N-ethyl adjacent to an activating group) is 1. The molecule has 1 saturated carbocycles. The molecule has 6 nitrogen and oxygen atoms in total. The van der Waals surface area contributed by atoms with Crippen molar-refractivity contribution in [3.63, 3.8) is 0 Å². The fourth-order valence-corrected chi connectivity index (χ4v) is 3.27. The fraction of sp³-hybridized carbons (Fsp3) is 0.875. The maximum absolute atomic E-state index is 12.3. The van der Waals surface area contributed by atoms with Gasteiger partial charge < -0.3 is 15.0 Å². The van der Waals surface area contributed by atoms with Gasteiger partial charge >= 0.3 is 6.09 Å². The van der Waals surface area contributed by atoms with Crippen LogP contribution in [0.3, 0.4) is 0 Å². The van der Waals surface area contributed by atoms with E-state index in [1.165, 1.54) is 0 Å². The first-order valence-corrected chi connectivity index (χ1v) is 8.24. The SMILES string of the molecule is CN1CCN([C@@H]2CCCC[C@H]2NC(=O)OC(C)(C)C)C(=O)C1. The van der Waals surface area contributed by atoms with E-state index < -0.39 is 5.60 Å². The van der Waals surface area contributed by atoms with E-state index in [0.29, 0.717) is 6.54 Å². The van der Waals surface area contributed by atoms with Gasteiger partial charge in [-0.2, -0.15) is 0 Å². The number of ether oxygens (including phenoxy) is 1. The third-order valence-electron chi connectivity index (χ3n) is 4.28. The highest BCUT2D eigenvalue weighted by molar-refractivity contribution is 5.79. The monoisotopic (exact) mass is 311 g/mol. The van der Waals surface area contributed by atoms with Crippen LogP contribution in [0.2, 0.25) is 0 Å². The first kappa shape index (κ1) is 17.1. The molecule has 0 unspecified atom stereocenters. The molecule has 1 heterocycles. The molecule has 2 amide bonds. The van der Waals surface area contributed by atoms with Crippen molar-refractivity contribution in [2.45, 2.75) is 64.1 Å². The van der Waals surface area contributed by atoms with E-state index in [4.69, 9.17) is 4.74 Å². The summed E-state index contributed by atoms with van der Waals surface area (Å²) in [5, 5.41) is 2.99. The average Bonchev–Trinajstić information content (AvgIpc) is 2.37. The van der Waals surface area contributed by atoms with E-state index in [0.717, 1.165) is 38.8 Å². The topological polar surface area (TPSA) is 61.9 Å². The molecule has 22 heavy (non-hydrogen) atoms. The first-order valence-electron chi connectivity index (χ1n) is 8.24. The summed E-state index contributed by atoms with van der Waals surface area (Å²) >= 11 is 0. The van der Waals surface area contributed by atoms with Crippen LogP contribution in [0.4, 0.5) is 4.79 Å². The largest absolute Gasteiger partial charge is 0.444 e. The highest BCUT2D eigenvalue weighted by Gasteiger charge is 2.36. The van der Waals surface area contributed by atoms with Crippen molar-refractivity contribution >= 4 is 12.0 Å². The lowest BCUT2D eigenvalue weighted by atomic mass is 9.88. The van der Waals surface area contributed by atoms with Gasteiger partial charge in [0.15, 0.2) is 0 Å². The van der Waals surface area contributed by atoms with Crippen LogP contribution in [0.15, 0.2) is 0 Å². The van der Waals surface area contributed by atoms with E-state index in [1.54, 1.807) is 0 Å². The summed E-state index contributed by atoms with van der Waals surface area (Å²) in [7, 11) is 1.96. The third-order valence-corrected chi connectivity index (χ3v) is 4.28. The number of nitrogens with one attached hydrogen (secondary N) is 1. The molecule has 0 spiro atoms. The van der Waals surface area contributed by atoms with Gasteiger partial charge in [-0.3, -0.25) is 9.69 Å². The van der Waals surface area contributed by atoms with E-state index in [9.17, 15) is 9.59 Å². The minimum absolute atomic E-state index is 0.00374. The number of piperazine rings is 1. The Morgan fingerprint density at radius 2 is 1.91 bits per heavy atom. The van der Waals surface area contributed by atoms with Crippen LogP contribution in [0.1, 0.15) is 46.5 Å². The summed E-state index contributed by atoms with van der Waals surface area (Å²) in [4.78, 5) is 28.3. The Kier molecular flexibility index (Phi) is 5.32. The molecule has 6 heteroatoms. The van der Waals surface area contributed by atoms with Crippen LogP contribution in [-0.2, 0) is 9.53 Å². The predicted octanol–water partition coefficient (Wildman–Crippen LogP) is 1.60. The van der Waals surface area contributed by atoms with Crippen molar-refractivity contribution in [2.75, 3.05) is 26.7 Å². The summed E-state index contributed by atoms with van der Waals surface area (Å²) in [5.41, 5.74) is -0.502. The van der Waals surface area contributed by atoms with Crippen molar-refractivity contribution in [3.05, 3.63) is 0 Å². The normalized spacial score (nSPS) is 27.6. The van der Waals surface area contributed by atoms with Gasteiger partial charge in [0.2, 0.25) is 5.91 Å². The highest BCUT2D eigenvalue weighted by Crippen LogP contribution is 2.25. The molecule has 1 saturated heterocycles. The van der Waals surface area contributed by atoms with Gasteiger partial charge in [-0.05, 0) is 40.7 Å². The number of carbonyl (C=O) groups is 2. The minimum atomic E-state index is -0.502. The van der Waals surface area contributed by atoms with Gasteiger partial charge in [0.1, 0.15) is 5.60 Å². The molecule has 2 rings (SSSR count). The molecule has 2 fully saturated rings. The lowest BCUT2D eigenvalue weighted by molar-refractivity contribution is -0.139. The molecular formula is C16H29N3O3. The Morgan fingerprint density at radius 1 is 1.23 bits per heavy atom. The number of nitrogens with zero attached hydrogens (tertiary/aromatic N) is 2. The molecule has 2 atom stereocenters. The lowest BCUT2D eigenvalue weighted by Crippen LogP contribution is -2.60. The minimum Gasteiger partial charge on any atom is -0.444 e.